The summed E-state index contributed by atoms with van der Waals surface area (Å²) in [5.74, 6) is -0.0963. The SMILES string of the molecule is CCOC(=O)C1=c2s/c(=C\c3ccc(OC)cc3)c(=O)n2C(N)=C(C#N)[C@H]1c1ccc(OC)cc1. The van der Waals surface area contributed by atoms with E-state index >= 15 is 0 Å². The molecule has 0 saturated carbocycles. The standard InChI is InChI=1S/C26H23N3O5S/c1-4-34-26(31)22-21(16-7-11-18(33-3)12-8-16)19(14-27)23(28)29-24(30)20(35-25(22)29)13-15-5-9-17(32-2)10-6-15/h5-13,21H,4,28H2,1-3H3/b20-13-/t21-/m1/s1. The highest BCUT2D eigenvalue weighted by Crippen LogP contribution is 2.37. The number of hydrogen-bond donors (Lipinski definition) is 1. The number of nitrogens with two attached hydrogens (primary N) is 1. The molecule has 2 N–H and O–H groups in total. The van der Waals surface area contributed by atoms with Crippen molar-refractivity contribution in [1.29, 1.82) is 5.26 Å². The van der Waals surface area contributed by atoms with Crippen molar-refractivity contribution in [3.05, 3.63) is 84.8 Å². The zero-order valence-electron chi connectivity index (χ0n) is 19.4. The van der Waals surface area contributed by atoms with Crippen LogP contribution in [0.4, 0.5) is 0 Å². The minimum Gasteiger partial charge on any atom is -0.497 e. The van der Waals surface area contributed by atoms with E-state index in [9.17, 15) is 14.9 Å². The molecule has 0 saturated heterocycles. The van der Waals surface area contributed by atoms with Gasteiger partial charge in [-0.05, 0) is 48.4 Å². The summed E-state index contributed by atoms with van der Waals surface area (Å²) in [5, 5.41) is 10.0. The number of hydrogen-bond acceptors (Lipinski definition) is 8. The molecule has 1 aromatic heterocycles. The fourth-order valence-electron chi connectivity index (χ4n) is 3.93. The van der Waals surface area contributed by atoms with Gasteiger partial charge in [-0.2, -0.15) is 5.26 Å². The second-order valence-corrected chi connectivity index (χ2v) is 8.61. The van der Waals surface area contributed by atoms with Gasteiger partial charge in [0.25, 0.3) is 5.56 Å². The van der Waals surface area contributed by atoms with Crippen LogP contribution in [-0.4, -0.2) is 31.4 Å². The van der Waals surface area contributed by atoms with E-state index in [2.05, 4.69) is 6.07 Å². The molecular formula is C26H23N3O5S. The fraction of sp³-hybridized carbons (Fsp3) is 0.192. The van der Waals surface area contributed by atoms with Crippen LogP contribution in [0.2, 0.25) is 0 Å². The van der Waals surface area contributed by atoms with Crippen LogP contribution < -0.4 is 30.0 Å². The second kappa shape index (κ2) is 9.91. The topological polar surface area (TPSA) is 117 Å². The molecule has 2 aromatic carbocycles. The maximum absolute atomic E-state index is 13.4. The number of methoxy groups -OCH3 is 2. The van der Waals surface area contributed by atoms with Gasteiger partial charge in [0.1, 0.15) is 22.0 Å². The van der Waals surface area contributed by atoms with E-state index in [-0.39, 0.29) is 23.6 Å². The van der Waals surface area contributed by atoms with Crippen LogP contribution in [0.5, 0.6) is 11.5 Å². The number of carbonyl (C=O) groups excluding carboxylic acids is 1. The molecule has 1 aliphatic rings. The summed E-state index contributed by atoms with van der Waals surface area (Å²) < 4.78 is 17.7. The maximum atomic E-state index is 13.4. The number of rotatable bonds is 6. The van der Waals surface area contributed by atoms with Crippen molar-refractivity contribution in [2.24, 2.45) is 5.73 Å². The molecule has 35 heavy (non-hydrogen) atoms. The van der Waals surface area contributed by atoms with Crippen LogP contribution in [-0.2, 0) is 9.53 Å². The normalized spacial score (nSPS) is 15.4. The van der Waals surface area contributed by atoms with E-state index in [0.29, 0.717) is 26.3 Å². The van der Waals surface area contributed by atoms with Crippen molar-refractivity contribution in [3.8, 4) is 17.6 Å². The summed E-state index contributed by atoms with van der Waals surface area (Å²) in [6, 6.07) is 16.3. The minimum atomic E-state index is -0.795. The monoisotopic (exact) mass is 489 g/mol. The summed E-state index contributed by atoms with van der Waals surface area (Å²) in [7, 11) is 3.13. The van der Waals surface area contributed by atoms with Crippen LogP contribution in [0.1, 0.15) is 24.0 Å². The van der Waals surface area contributed by atoms with E-state index in [0.717, 1.165) is 16.9 Å². The van der Waals surface area contributed by atoms with Gasteiger partial charge >= 0.3 is 5.97 Å². The quantitative estimate of drug-likeness (QED) is 0.526. The first-order valence-corrected chi connectivity index (χ1v) is 11.6. The number of allylic oxidation sites excluding steroid dienone is 1. The molecule has 8 nitrogen and oxygen atoms in total. The van der Waals surface area contributed by atoms with Gasteiger partial charge in [-0.1, -0.05) is 24.3 Å². The van der Waals surface area contributed by atoms with Crippen molar-refractivity contribution in [1.82, 2.24) is 4.57 Å². The number of nitrogens with zero attached hydrogens (tertiary/aromatic N) is 2. The average Bonchev–Trinajstić information content (AvgIpc) is 3.20. The van der Waals surface area contributed by atoms with Crippen LogP contribution in [0.15, 0.2) is 58.9 Å². The maximum Gasteiger partial charge on any atom is 0.338 e. The molecule has 0 amide bonds. The first-order valence-electron chi connectivity index (χ1n) is 10.8. The Balaban J connectivity index is 2.03. The lowest BCUT2D eigenvalue weighted by atomic mass is 9.84. The molecule has 1 atom stereocenters. The lowest BCUT2D eigenvalue weighted by molar-refractivity contribution is -0.136. The van der Waals surface area contributed by atoms with E-state index in [1.807, 2.05) is 12.1 Å². The number of nitriles is 1. The van der Waals surface area contributed by atoms with Crippen LogP contribution in [0.25, 0.3) is 17.5 Å². The first kappa shape index (κ1) is 23.9. The molecule has 4 rings (SSSR count). The minimum absolute atomic E-state index is 0.00741. The number of fused-ring (bicyclic) bond motifs is 1. The Hall–Kier alpha value is -4.29. The van der Waals surface area contributed by atoms with E-state index in [1.54, 1.807) is 63.6 Å². The van der Waals surface area contributed by atoms with Crippen molar-refractivity contribution in [2.75, 3.05) is 20.8 Å². The number of esters is 1. The van der Waals surface area contributed by atoms with Gasteiger partial charge in [0.2, 0.25) is 0 Å². The molecule has 0 radical (unpaired) electrons. The first-order chi connectivity index (χ1) is 16.9. The molecule has 0 fully saturated rings. The highest BCUT2D eigenvalue weighted by atomic mass is 32.1. The molecule has 0 spiro atoms. The van der Waals surface area contributed by atoms with Crippen molar-refractivity contribution < 1.29 is 19.0 Å². The number of benzene rings is 2. The number of carbonyl (C=O) groups is 1. The van der Waals surface area contributed by atoms with Crippen molar-refractivity contribution in [3.63, 3.8) is 0 Å². The van der Waals surface area contributed by atoms with Gasteiger partial charge in [-0.25, -0.2) is 4.79 Å². The van der Waals surface area contributed by atoms with Crippen LogP contribution in [0.3, 0.4) is 0 Å². The fourth-order valence-corrected chi connectivity index (χ4v) is 5.10. The van der Waals surface area contributed by atoms with Gasteiger partial charge in [-0.3, -0.25) is 9.36 Å². The van der Waals surface area contributed by atoms with Gasteiger partial charge in [0.05, 0.1) is 48.5 Å². The van der Waals surface area contributed by atoms with E-state index in [4.69, 9.17) is 19.9 Å². The number of aromatic nitrogens is 1. The van der Waals surface area contributed by atoms with Crippen molar-refractivity contribution >= 4 is 34.8 Å². The number of ether oxygens (including phenoxy) is 3. The Morgan fingerprint density at radius 1 is 1.11 bits per heavy atom. The van der Waals surface area contributed by atoms with Gasteiger partial charge in [0, 0.05) is 0 Å². The highest BCUT2D eigenvalue weighted by molar-refractivity contribution is 7.07. The van der Waals surface area contributed by atoms with Crippen LogP contribution >= 0.6 is 11.3 Å². The van der Waals surface area contributed by atoms with Crippen LogP contribution in [0, 0.1) is 11.3 Å². The molecule has 0 unspecified atom stereocenters. The Morgan fingerprint density at radius 3 is 2.26 bits per heavy atom. The Kier molecular flexibility index (Phi) is 6.75. The summed E-state index contributed by atoms with van der Waals surface area (Å²) in [6.07, 6.45) is 1.71. The predicted octanol–water partition coefficient (Wildman–Crippen LogP) is 1.92. The zero-order valence-corrected chi connectivity index (χ0v) is 20.2. The molecule has 0 bridgehead atoms. The molecule has 0 aliphatic carbocycles. The third-order valence-electron chi connectivity index (χ3n) is 5.63. The molecule has 178 valence electrons. The zero-order chi connectivity index (χ0) is 25.1. The summed E-state index contributed by atoms with van der Waals surface area (Å²) in [6.45, 7) is 1.84. The Labute approximate surface area is 205 Å². The van der Waals surface area contributed by atoms with E-state index < -0.39 is 17.4 Å². The molecule has 1 aliphatic heterocycles. The Morgan fingerprint density at radius 2 is 1.71 bits per heavy atom. The van der Waals surface area contributed by atoms with Gasteiger partial charge < -0.3 is 19.9 Å². The summed E-state index contributed by atoms with van der Waals surface area (Å²) in [5.41, 5.74) is 7.68. The lowest BCUT2D eigenvalue weighted by Crippen LogP contribution is -2.40. The smallest absolute Gasteiger partial charge is 0.338 e. The second-order valence-electron chi connectivity index (χ2n) is 7.58. The highest BCUT2D eigenvalue weighted by Gasteiger charge is 2.36. The van der Waals surface area contributed by atoms with Crippen molar-refractivity contribution in [2.45, 2.75) is 12.8 Å². The lowest BCUT2D eigenvalue weighted by Gasteiger charge is -2.24. The third-order valence-corrected chi connectivity index (χ3v) is 6.73. The number of thiazole rings is 1. The summed E-state index contributed by atoms with van der Waals surface area (Å²) >= 11 is 1.13. The largest absolute Gasteiger partial charge is 0.497 e. The van der Waals surface area contributed by atoms with Gasteiger partial charge in [-0.15, -0.1) is 11.3 Å². The predicted molar refractivity (Wildman–Crippen MR) is 133 cm³/mol. The van der Waals surface area contributed by atoms with E-state index in [1.165, 1.54) is 4.57 Å². The molecular weight excluding hydrogens is 466 g/mol. The molecule has 2 heterocycles. The average molecular weight is 490 g/mol. The third kappa shape index (κ3) is 4.32. The van der Waals surface area contributed by atoms with Gasteiger partial charge in [0.15, 0.2) is 0 Å². The summed E-state index contributed by atoms with van der Waals surface area (Å²) in [4.78, 5) is 26.6. The molecule has 3 aromatic rings. The Bertz CT molecular complexity index is 1520. The molecule has 9 heteroatoms.